The summed E-state index contributed by atoms with van der Waals surface area (Å²) in [7, 11) is 0. The van der Waals surface area contributed by atoms with Gasteiger partial charge in [0.25, 0.3) is 0 Å². The summed E-state index contributed by atoms with van der Waals surface area (Å²) in [5.41, 5.74) is 0.402. The fourth-order valence-corrected chi connectivity index (χ4v) is 3.25. The van der Waals surface area contributed by atoms with E-state index < -0.39 is 11.2 Å². The number of quaternary nitrogens is 1. The maximum Gasteiger partial charge on any atom is 0.338 e. The molecule has 0 amide bonds. The molecule has 1 aromatic rings. The van der Waals surface area contributed by atoms with E-state index in [-0.39, 0.29) is 41.4 Å². The second-order valence-corrected chi connectivity index (χ2v) is 6.89. The van der Waals surface area contributed by atoms with Crippen LogP contribution in [0.4, 0.5) is 5.69 Å². The van der Waals surface area contributed by atoms with E-state index in [9.17, 15) is 14.8 Å². The van der Waals surface area contributed by atoms with Crippen molar-refractivity contribution >= 4 is 17.4 Å². The van der Waals surface area contributed by atoms with Crippen LogP contribution in [0.15, 0.2) is 24.3 Å². The number of esters is 1. The number of rotatable bonds is 5. The number of Topliss-reactive ketones (excluding diaryl/α,β-unsaturated/α-hetero) is 1. The van der Waals surface area contributed by atoms with Gasteiger partial charge >= 0.3 is 5.97 Å². The zero-order chi connectivity index (χ0) is 17.9. The third-order valence-electron chi connectivity index (χ3n) is 4.92. The van der Waals surface area contributed by atoms with Crippen molar-refractivity contribution in [2.24, 2.45) is 23.7 Å². The van der Waals surface area contributed by atoms with Crippen LogP contribution in [0, 0.1) is 28.9 Å². The van der Waals surface area contributed by atoms with Crippen LogP contribution in [-0.2, 0) is 9.53 Å². The first-order chi connectivity index (χ1) is 11.3. The van der Waals surface area contributed by atoms with Crippen molar-refractivity contribution < 1.29 is 24.8 Å². The van der Waals surface area contributed by atoms with E-state index in [1.165, 1.54) is 24.3 Å². The molecule has 1 aliphatic rings. The Morgan fingerprint density at radius 3 is 2.50 bits per heavy atom. The Morgan fingerprint density at radius 1 is 1.33 bits per heavy atom. The van der Waals surface area contributed by atoms with E-state index in [1.807, 2.05) is 20.8 Å². The van der Waals surface area contributed by atoms with Crippen molar-refractivity contribution in [2.75, 3.05) is 6.61 Å². The van der Waals surface area contributed by atoms with Gasteiger partial charge in [-0.25, -0.2) is 10.0 Å². The van der Waals surface area contributed by atoms with E-state index in [4.69, 9.17) is 9.94 Å². The normalized spacial score (nSPS) is 25.6. The summed E-state index contributed by atoms with van der Waals surface area (Å²) < 4.78 is 5.33. The zero-order valence-electron chi connectivity index (χ0n) is 14.3. The lowest BCUT2D eigenvalue weighted by Crippen LogP contribution is -2.99. The van der Waals surface area contributed by atoms with Gasteiger partial charge in [-0.3, -0.25) is 4.79 Å². The number of benzene rings is 1. The number of ether oxygens (including phenoxy) is 1. The summed E-state index contributed by atoms with van der Waals surface area (Å²) in [6, 6.07) is 5.58. The molecule has 6 nitrogen and oxygen atoms in total. The van der Waals surface area contributed by atoms with Crippen LogP contribution in [0.25, 0.3) is 0 Å². The smallest absolute Gasteiger partial charge is 0.338 e. The van der Waals surface area contributed by atoms with E-state index >= 15 is 0 Å². The Balaban J connectivity index is 1.98. The molecule has 1 unspecified atom stereocenters. The maximum atomic E-state index is 12.6. The minimum Gasteiger partial charge on any atom is -0.595 e. The fourth-order valence-electron chi connectivity index (χ4n) is 3.25. The van der Waals surface area contributed by atoms with Crippen molar-refractivity contribution in [1.82, 2.24) is 0 Å². The highest BCUT2D eigenvalue weighted by Crippen LogP contribution is 2.34. The second kappa shape index (κ2) is 7.88. The van der Waals surface area contributed by atoms with Crippen LogP contribution in [-0.4, -0.2) is 23.6 Å². The molecule has 0 saturated heterocycles. The van der Waals surface area contributed by atoms with Crippen LogP contribution in [0.3, 0.4) is 0 Å². The second-order valence-electron chi connectivity index (χ2n) is 6.89. The lowest BCUT2D eigenvalue weighted by Gasteiger charge is -2.34. The molecule has 1 aliphatic carbocycles. The first-order valence-electron chi connectivity index (χ1n) is 8.35. The highest BCUT2D eigenvalue weighted by molar-refractivity contribution is 5.90. The van der Waals surface area contributed by atoms with Crippen LogP contribution in [0.1, 0.15) is 44.0 Å². The van der Waals surface area contributed by atoms with E-state index in [0.717, 1.165) is 12.8 Å². The Bertz CT molecular complexity index is 582. The molecule has 2 rings (SSSR count). The Hall–Kier alpha value is -1.76. The summed E-state index contributed by atoms with van der Waals surface area (Å²) in [5, 5.41) is 18.6. The van der Waals surface area contributed by atoms with Gasteiger partial charge in [-0.05, 0) is 36.8 Å². The monoisotopic (exact) mass is 335 g/mol. The Morgan fingerprint density at radius 2 is 1.96 bits per heavy atom. The largest absolute Gasteiger partial charge is 0.595 e. The molecule has 1 fully saturated rings. The van der Waals surface area contributed by atoms with Gasteiger partial charge in [0.2, 0.25) is 0 Å². The molecular formula is C18H25NO5. The van der Waals surface area contributed by atoms with Crippen LogP contribution in [0.2, 0.25) is 0 Å². The van der Waals surface area contributed by atoms with Crippen LogP contribution >= 0.6 is 0 Å². The molecular weight excluding hydrogens is 310 g/mol. The number of nitrogens with one attached hydrogen (secondary N) is 1. The van der Waals surface area contributed by atoms with Gasteiger partial charge in [-0.1, -0.05) is 20.8 Å². The van der Waals surface area contributed by atoms with Gasteiger partial charge in [-0.15, -0.1) is 0 Å². The number of carbonyl (C=O) groups is 2. The van der Waals surface area contributed by atoms with Gasteiger partial charge in [0, 0.05) is 18.1 Å². The van der Waals surface area contributed by atoms with Crippen molar-refractivity contribution in [3.63, 3.8) is 0 Å². The molecule has 0 radical (unpaired) electrons. The lowest BCUT2D eigenvalue weighted by molar-refractivity contribution is -0.991. The number of carbonyl (C=O) groups excluding carboxylic acids is 2. The first-order valence-corrected chi connectivity index (χ1v) is 8.35. The quantitative estimate of drug-likeness (QED) is 0.635. The van der Waals surface area contributed by atoms with Gasteiger partial charge in [-0.2, -0.15) is 5.23 Å². The predicted octanol–water partition coefficient (Wildman–Crippen LogP) is 2.13. The van der Waals surface area contributed by atoms with Gasteiger partial charge in [0.05, 0.1) is 11.5 Å². The average molecular weight is 335 g/mol. The van der Waals surface area contributed by atoms with Crippen molar-refractivity contribution in [1.29, 1.82) is 0 Å². The lowest BCUT2D eigenvalue weighted by atomic mass is 9.70. The van der Waals surface area contributed by atoms with Gasteiger partial charge in [0.1, 0.15) is 12.4 Å². The first kappa shape index (κ1) is 18.6. The van der Waals surface area contributed by atoms with Crippen LogP contribution < -0.4 is 5.23 Å². The topological polar surface area (TPSA) is 91.1 Å². The van der Waals surface area contributed by atoms with Crippen molar-refractivity contribution in [3.05, 3.63) is 35.0 Å². The Kier molecular flexibility index (Phi) is 6.10. The molecule has 4 atom stereocenters. The number of ketones is 1. The Labute approximate surface area is 141 Å². The SMILES string of the molecule is CC(C)[C@H]1CC[C@@H](C)[C@@H](COC(=O)c2ccc([NH+]([O-])O)cc2)C1=O. The number of hydrogen-bond acceptors (Lipinski definition) is 5. The van der Waals surface area contributed by atoms with Gasteiger partial charge < -0.3 is 9.94 Å². The molecule has 1 aromatic carbocycles. The molecule has 132 valence electrons. The maximum absolute atomic E-state index is 12.6. The van der Waals surface area contributed by atoms with E-state index in [0.29, 0.717) is 5.92 Å². The molecule has 2 N–H and O–H groups in total. The summed E-state index contributed by atoms with van der Waals surface area (Å²) in [6.07, 6.45) is 1.86. The van der Waals surface area contributed by atoms with Crippen molar-refractivity contribution in [2.45, 2.75) is 33.6 Å². The number of hydrogen-bond donors (Lipinski definition) is 2. The van der Waals surface area contributed by atoms with E-state index in [2.05, 4.69) is 0 Å². The molecule has 0 spiro atoms. The minimum atomic E-state index is -1.05. The molecule has 0 aromatic heterocycles. The standard InChI is InChI=1S/C18H25NO5/c1-11(2)15-9-4-12(3)16(17(15)20)10-24-18(21)13-5-7-14(8-6-13)19(22)23/h5-8,11-12,15-16,19,22H,4,9-10H2,1-3H3/t12-,15-,16-/m1/s1. The van der Waals surface area contributed by atoms with Crippen molar-refractivity contribution in [3.8, 4) is 0 Å². The van der Waals surface area contributed by atoms with Crippen LogP contribution in [0.5, 0.6) is 0 Å². The summed E-state index contributed by atoms with van der Waals surface area (Å²) in [6.45, 7) is 6.20. The highest BCUT2D eigenvalue weighted by Gasteiger charge is 2.37. The summed E-state index contributed by atoms with van der Waals surface area (Å²) in [5.74, 6) is -0.0500. The zero-order valence-corrected chi connectivity index (χ0v) is 14.3. The third kappa shape index (κ3) is 4.20. The molecule has 6 heteroatoms. The molecule has 1 saturated carbocycles. The fraction of sp³-hybridized carbons (Fsp3) is 0.556. The molecule has 0 heterocycles. The highest BCUT2D eigenvalue weighted by atomic mass is 16.8. The summed E-state index contributed by atoms with van der Waals surface area (Å²) in [4.78, 5) is 24.7. The molecule has 0 bridgehead atoms. The average Bonchev–Trinajstić information content (AvgIpc) is 2.54. The molecule has 0 aliphatic heterocycles. The summed E-state index contributed by atoms with van der Waals surface area (Å²) >= 11 is 0. The van der Waals surface area contributed by atoms with Gasteiger partial charge in [0.15, 0.2) is 5.69 Å². The van der Waals surface area contributed by atoms with E-state index in [1.54, 1.807) is 0 Å². The predicted molar refractivity (Wildman–Crippen MR) is 87.7 cm³/mol. The third-order valence-corrected chi connectivity index (χ3v) is 4.92. The molecule has 24 heavy (non-hydrogen) atoms. The minimum absolute atomic E-state index is 0.0414.